The molecule has 0 bridgehead atoms. The maximum Gasteiger partial charge on any atom is 0.270 e. The molecule has 0 N–H and O–H groups in total. The Morgan fingerprint density at radius 1 is 1.25 bits per heavy atom. The molecule has 0 radical (unpaired) electrons. The molecule has 1 aromatic carbocycles. The van der Waals surface area contributed by atoms with Gasteiger partial charge in [-0.05, 0) is 32.8 Å². The van der Waals surface area contributed by atoms with Crippen LogP contribution in [0.1, 0.15) is 25.0 Å². The van der Waals surface area contributed by atoms with E-state index in [1.165, 1.54) is 5.56 Å². The van der Waals surface area contributed by atoms with Crippen LogP contribution >= 0.6 is 0 Å². The van der Waals surface area contributed by atoms with E-state index in [4.69, 9.17) is 4.18 Å². The molecule has 0 heterocycles. The molecule has 0 aliphatic carbocycles. The Balaban J connectivity index is 2.71. The highest BCUT2D eigenvalue weighted by molar-refractivity contribution is 7.87. The van der Waals surface area contributed by atoms with Gasteiger partial charge in [0.25, 0.3) is 10.1 Å². The van der Waals surface area contributed by atoms with Crippen LogP contribution in [0, 0.1) is 6.92 Å². The molecular weight excluding hydrogens is 224 g/mol. The predicted octanol–water partition coefficient (Wildman–Crippen LogP) is 2.29. The molecule has 3 nitrogen and oxygen atoms in total. The van der Waals surface area contributed by atoms with Crippen molar-refractivity contribution >= 4 is 10.1 Å². The molecule has 1 atom stereocenters. The van der Waals surface area contributed by atoms with Crippen molar-refractivity contribution in [2.24, 2.45) is 0 Å². The third-order valence-electron chi connectivity index (χ3n) is 2.42. The summed E-state index contributed by atoms with van der Waals surface area (Å²) in [6, 6.07) is 7.87. The van der Waals surface area contributed by atoms with Crippen LogP contribution in [0.3, 0.4) is 0 Å². The molecule has 0 spiro atoms. The van der Waals surface area contributed by atoms with E-state index in [2.05, 4.69) is 0 Å². The third-order valence-corrected chi connectivity index (χ3v) is 4.14. The van der Waals surface area contributed by atoms with Gasteiger partial charge in [-0.3, -0.25) is 4.18 Å². The summed E-state index contributed by atoms with van der Waals surface area (Å²) in [5.74, 6) is 0. The lowest BCUT2D eigenvalue weighted by molar-refractivity contribution is 0.331. The summed E-state index contributed by atoms with van der Waals surface area (Å²) in [4.78, 5) is 0. The van der Waals surface area contributed by atoms with Gasteiger partial charge >= 0.3 is 0 Å². The van der Waals surface area contributed by atoms with Crippen molar-refractivity contribution in [1.29, 1.82) is 0 Å². The van der Waals surface area contributed by atoms with Gasteiger partial charge in [0.2, 0.25) is 0 Å². The molecule has 0 aliphatic rings. The quantitative estimate of drug-likeness (QED) is 0.744. The van der Waals surface area contributed by atoms with Crippen molar-refractivity contribution in [2.45, 2.75) is 32.4 Å². The maximum atomic E-state index is 11.6. The van der Waals surface area contributed by atoms with E-state index in [0.717, 1.165) is 5.56 Å². The van der Waals surface area contributed by atoms with Gasteiger partial charge in [0, 0.05) is 0 Å². The second-order valence-electron chi connectivity index (χ2n) is 3.90. The van der Waals surface area contributed by atoms with Crippen molar-refractivity contribution < 1.29 is 12.6 Å². The Kier molecular flexibility index (Phi) is 4.50. The van der Waals surface area contributed by atoms with Gasteiger partial charge in [0.15, 0.2) is 0 Å². The molecule has 1 unspecified atom stereocenters. The Morgan fingerprint density at radius 2 is 1.81 bits per heavy atom. The fraction of sp³-hybridized carbons (Fsp3) is 0.500. The lowest BCUT2D eigenvalue weighted by Gasteiger charge is -2.12. The van der Waals surface area contributed by atoms with Gasteiger partial charge in [-0.15, -0.1) is 0 Å². The summed E-state index contributed by atoms with van der Waals surface area (Å²) in [5.41, 5.74) is 2.19. The van der Waals surface area contributed by atoms with Crippen LogP contribution in [0.15, 0.2) is 24.3 Å². The van der Waals surface area contributed by atoms with Crippen LogP contribution < -0.4 is 0 Å². The van der Waals surface area contributed by atoms with E-state index < -0.39 is 15.4 Å². The topological polar surface area (TPSA) is 43.4 Å². The molecule has 0 aromatic heterocycles. The predicted molar refractivity (Wildman–Crippen MR) is 64.9 cm³/mol. The Hall–Kier alpha value is -0.870. The second kappa shape index (κ2) is 5.46. The standard InChI is InChI=1S/C12H18O3S/c1-4-15-16(13,14)11(3)9-12-7-5-10(2)6-8-12/h5-8,11H,4,9H2,1-3H3. The first-order valence-electron chi connectivity index (χ1n) is 5.39. The normalized spacial score (nSPS) is 13.7. The first-order valence-corrected chi connectivity index (χ1v) is 6.86. The Morgan fingerprint density at radius 3 is 2.31 bits per heavy atom. The van der Waals surface area contributed by atoms with Gasteiger partial charge in [-0.1, -0.05) is 29.8 Å². The summed E-state index contributed by atoms with van der Waals surface area (Å²) >= 11 is 0. The summed E-state index contributed by atoms with van der Waals surface area (Å²) in [5, 5.41) is -0.504. The molecule has 0 aliphatic heterocycles. The SMILES string of the molecule is CCOS(=O)(=O)C(C)Cc1ccc(C)cc1. The van der Waals surface area contributed by atoms with Crippen molar-refractivity contribution in [3.63, 3.8) is 0 Å². The van der Waals surface area contributed by atoms with E-state index in [-0.39, 0.29) is 6.61 Å². The fourth-order valence-electron chi connectivity index (χ4n) is 1.44. The van der Waals surface area contributed by atoms with Crippen LogP contribution in [0.25, 0.3) is 0 Å². The minimum atomic E-state index is -3.42. The summed E-state index contributed by atoms with van der Waals surface area (Å²) in [6.45, 7) is 5.55. The molecule has 0 amide bonds. The molecular formula is C12H18O3S. The number of rotatable bonds is 5. The van der Waals surface area contributed by atoms with Gasteiger partial charge in [0.05, 0.1) is 11.9 Å². The minimum absolute atomic E-state index is 0.195. The van der Waals surface area contributed by atoms with Crippen molar-refractivity contribution in [3.8, 4) is 0 Å². The monoisotopic (exact) mass is 242 g/mol. The lowest BCUT2D eigenvalue weighted by atomic mass is 10.1. The summed E-state index contributed by atoms with van der Waals surface area (Å²) in [7, 11) is -3.42. The van der Waals surface area contributed by atoms with E-state index in [1.807, 2.05) is 31.2 Å². The zero-order chi connectivity index (χ0) is 12.2. The maximum absolute atomic E-state index is 11.6. The highest BCUT2D eigenvalue weighted by Crippen LogP contribution is 2.12. The minimum Gasteiger partial charge on any atom is -0.270 e. The van der Waals surface area contributed by atoms with E-state index in [1.54, 1.807) is 13.8 Å². The molecule has 0 fully saturated rings. The average Bonchev–Trinajstić information content (AvgIpc) is 2.21. The highest BCUT2D eigenvalue weighted by atomic mass is 32.2. The van der Waals surface area contributed by atoms with Crippen LogP contribution in [0.2, 0.25) is 0 Å². The van der Waals surface area contributed by atoms with Crippen molar-refractivity contribution in [1.82, 2.24) is 0 Å². The Labute approximate surface area is 97.6 Å². The van der Waals surface area contributed by atoms with Crippen LogP contribution in [-0.4, -0.2) is 20.3 Å². The first-order chi connectivity index (χ1) is 7.45. The first kappa shape index (κ1) is 13.2. The molecule has 0 saturated carbocycles. The summed E-state index contributed by atoms with van der Waals surface area (Å²) < 4.78 is 27.9. The smallest absolute Gasteiger partial charge is 0.270 e. The average molecular weight is 242 g/mol. The molecule has 1 rings (SSSR count). The number of hydrogen-bond donors (Lipinski definition) is 0. The fourth-order valence-corrected chi connectivity index (χ4v) is 2.40. The zero-order valence-corrected chi connectivity index (χ0v) is 10.8. The molecule has 16 heavy (non-hydrogen) atoms. The molecule has 90 valence electrons. The van der Waals surface area contributed by atoms with Crippen LogP contribution in [0.5, 0.6) is 0 Å². The zero-order valence-electron chi connectivity index (χ0n) is 9.93. The molecule has 1 aromatic rings. The second-order valence-corrected chi connectivity index (χ2v) is 5.93. The van der Waals surface area contributed by atoms with E-state index in [0.29, 0.717) is 6.42 Å². The van der Waals surface area contributed by atoms with Gasteiger partial charge in [-0.2, -0.15) is 8.42 Å². The van der Waals surface area contributed by atoms with Crippen LogP contribution in [0.4, 0.5) is 0 Å². The van der Waals surface area contributed by atoms with Crippen LogP contribution in [-0.2, 0) is 20.7 Å². The van der Waals surface area contributed by atoms with E-state index in [9.17, 15) is 8.42 Å². The molecule has 0 saturated heterocycles. The largest absolute Gasteiger partial charge is 0.270 e. The number of benzene rings is 1. The molecule has 4 heteroatoms. The van der Waals surface area contributed by atoms with Gasteiger partial charge < -0.3 is 0 Å². The highest BCUT2D eigenvalue weighted by Gasteiger charge is 2.21. The van der Waals surface area contributed by atoms with Gasteiger partial charge in [0.1, 0.15) is 0 Å². The number of aryl methyl sites for hydroxylation is 1. The van der Waals surface area contributed by atoms with Gasteiger partial charge in [-0.25, -0.2) is 0 Å². The van der Waals surface area contributed by atoms with Crippen molar-refractivity contribution in [2.75, 3.05) is 6.61 Å². The van der Waals surface area contributed by atoms with Crippen molar-refractivity contribution in [3.05, 3.63) is 35.4 Å². The van der Waals surface area contributed by atoms with E-state index >= 15 is 0 Å². The lowest BCUT2D eigenvalue weighted by Crippen LogP contribution is -2.22. The third kappa shape index (κ3) is 3.61. The Bertz CT molecular complexity index is 420. The summed E-state index contributed by atoms with van der Waals surface area (Å²) in [6.07, 6.45) is 0.489. The number of hydrogen-bond acceptors (Lipinski definition) is 3.